The molecule has 0 heterocycles. The molecule has 2 aromatic carbocycles. The Labute approximate surface area is 143 Å². The zero-order chi connectivity index (χ0) is 15.8. The van der Waals surface area contributed by atoms with Crippen molar-refractivity contribution in [3.8, 4) is 5.75 Å². The number of benzene rings is 2. The standard InChI is InChI=1S/C18H21NO3.H2S/c20-13-16(12-15-4-2-1-3-5-15)19-18(22)11-8-14-6-9-17(21)10-7-14;/h1-7,9-10,16,20-21H,8,11-13H2,(H,19,22);1H2/t16-;/m0./s1. The Balaban J connectivity index is 0.00000264. The van der Waals surface area contributed by atoms with Gasteiger partial charge in [-0.2, -0.15) is 13.5 Å². The third-order valence-electron chi connectivity index (χ3n) is 3.49. The van der Waals surface area contributed by atoms with E-state index in [9.17, 15) is 15.0 Å². The van der Waals surface area contributed by atoms with Crippen molar-refractivity contribution in [3.05, 3.63) is 65.7 Å². The molecule has 0 aliphatic carbocycles. The third-order valence-corrected chi connectivity index (χ3v) is 3.49. The van der Waals surface area contributed by atoms with E-state index in [1.54, 1.807) is 24.3 Å². The largest absolute Gasteiger partial charge is 0.508 e. The number of aromatic hydroxyl groups is 1. The number of hydrogen-bond acceptors (Lipinski definition) is 3. The second-order valence-corrected chi connectivity index (χ2v) is 5.30. The number of carbonyl (C=O) groups excluding carboxylic acids is 1. The zero-order valence-electron chi connectivity index (χ0n) is 12.9. The lowest BCUT2D eigenvalue weighted by molar-refractivity contribution is -0.122. The molecule has 0 bridgehead atoms. The summed E-state index contributed by atoms with van der Waals surface area (Å²) in [6, 6.07) is 16.3. The van der Waals surface area contributed by atoms with Crippen LogP contribution < -0.4 is 5.32 Å². The summed E-state index contributed by atoms with van der Waals surface area (Å²) in [4.78, 5) is 12.0. The van der Waals surface area contributed by atoms with Crippen LogP contribution in [0.1, 0.15) is 17.5 Å². The molecule has 0 aliphatic rings. The van der Waals surface area contributed by atoms with Gasteiger partial charge in [-0.15, -0.1) is 0 Å². The van der Waals surface area contributed by atoms with Gasteiger partial charge in [0.15, 0.2) is 0 Å². The van der Waals surface area contributed by atoms with Crippen molar-refractivity contribution in [1.29, 1.82) is 0 Å². The Kier molecular flexibility index (Phi) is 8.22. The number of aliphatic hydroxyl groups excluding tert-OH is 1. The minimum atomic E-state index is -0.269. The summed E-state index contributed by atoms with van der Waals surface area (Å²) >= 11 is 0. The first kappa shape index (κ1) is 19.1. The molecule has 1 atom stereocenters. The summed E-state index contributed by atoms with van der Waals surface area (Å²) in [5.41, 5.74) is 2.08. The Morgan fingerprint density at radius 3 is 2.26 bits per heavy atom. The first-order chi connectivity index (χ1) is 10.7. The molecule has 2 aromatic rings. The van der Waals surface area contributed by atoms with Crippen LogP contribution in [0.15, 0.2) is 54.6 Å². The highest BCUT2D eigenvalue weighted by atomic mass is 32.1. The second-order valence-electron chi connectivity index (χ2n) is 5.30. The molecule has 0 spiro atoms. The van der Waals surface area contributed by atoms with Crippen molar-refractivity contribution >= 4 is 19.4 Å². The van der Waals surface area contributed by atoms with Crippen LogP contribution in [0.4, 0.5) is 0 Å². The van der Waals surface area contributed by atoms with Gasteiger partial charge in [0.2, 0.25) is 5.91 Å². The molecule has 3 N–H and O–H groups in total. The van der Waals surface area contributed by atoms with Gasteiger partial charge in [0.1, 0.15) is 5.75 Å². The minimum Gasteiger partial charge on any atom is -0.508 e. The number of nitrogens with one attached hydrogen (secondary N) is 1. The summed E-state index contributed by atoms with van der Waals surface area (Å²) in [7, 11) is 0. The molecule has 1 amide bonds. The highest BCUT2D eigenvalue weighted by Crippen LogP contribution is 2.11. The Bertz CT molecular complexity index is 587. The average molecular weight is 333 g/mol. The van der Waals surface area contributed by atoms with E-state index in [1.165, 1.54) is 0 Å². The van der Waals surface area contributed by atoms with Crippen molar-refractivity contribution in [2.24, 2.45) is 0 Å². The molecule has 23 heavy (non-hydrogen) atoms. The molecule has 0 fully saturated rings. The molecule has 4 nitrogen and oxygen atoms in total. The van der Waals surface area contributed by atoms with Crippen LogP contribution in [0.2, 0.25) is 0 Å². The van der Waals surface area contributed by atoms with Gasteiger partial charge in [-0.05, 0) is 36.1 Å². The second kappa shape index (κ2) is 9.92. The predicted octanol–water partition coefficient (Wildman–Crippen LogP) is 2.16. The third kappa shape index (κ3) is 6.76. The topological polar surface area (TPSA) is 69.6 Å². The fourth-order valence-electron chi connectivity index (χ4n) is 2.28. The number of amides is 1. The number of rotatable bonds is 7. The lowest BCUT2D eigenvalue weighted by Gasteiger charge is -2.16. The number of phenols is 1. The van der Waals surface area contributed by atoms with Gasteiger partial charge in [0.25, 0.3) is 0 Å². The summed E-state index contributed by atoms with van der Waals surface area (Å²) in [6.07, 6.45) is 1.58. The van der Waals surface area contributed by atoms with Crippen molar-refractivity contribution in [2.45, 2.75) is 25.3 Å². The van der Waals surface area contributed by atoms with Crippen molar-refractivity contribution in [3.63, 3.8) is 0 Å². The van der Waals surface area contributed by atoms with Gasteiger partial charge in [-0.1, -0.05) is 42.5 Å². The summed E-state index contributed by atoms with van der Waals surface area (Å²) in [5.74, 6) is 0.138. The Morgan fingerprint density at radius 2 is 1.65 bits per heavy atom. The van der Waals surface area contributed by atoms with Crippen molar-refractivity contribution in [1.82, 2.24) is 5.32 Å². The van der Waals surface area contributed by atoms with Crippen LogP contribution in [-0.2, 0) is 17.6 Å². The number of aryl methyl sites for hydroxylation is 1. The van der Waals surface area contributed by atoms with Crippen LogP contribution in [0, 0.1) is 0 Å². The molecule has 0 saturated heterocycles. The van der Waals surface area contributed by atoms with E-state index in [1.807, 2.05) is 30.3 Å². The molecule has 0 aliphatic heterocycles. The van der Waals surface area contributed by atoms with Crippen LogP contribution in [0.25, 0.3) is 0 Å². The van der Waals surface area contributed by atoms with Gasteiger partial charge in [-0.3, -0.25) is 4.79 Å². The van der Waals surface area contributed by atoms with E-state index in [-0.39, 0.29) is 37.8 Å². The molecule has 0 saturated carbocycles. The van der Waals surface area contributed by atoms with Crippen LogP contribution in [0.5, 0.6) is 5.75 Å². The van der Waals surface area contributed by atoms with Crippen LogP contribution in [-0.4, -0.2) is 28.8 Å². The maximum atomic E-state index is 12.0. The summed E-state index contributed by atoms with van der Waals surface area (Å²) in [5, 5.41) is 21.5. The van der Waals surface area contributed by atoms with Crippen LogP contribution >= 0.6 is 13.5 Å². The van der Waals surface area contributed by atoms with Gasteiger partial charge >= 0.3 is 0 Å². The van der Waals surface area contributed by atoms with Crippen molar-refractivity contribution in [2.75, 3.05) is 6.61 Å². The number of phenolic OH excluding ortho intramolecular Hbond substituents is 1. The van der Waals surface area contributed by atoms with Gasteiger partial charge < -0.3 is 15.5 Å². The van der Waals surface area contributed by atoms with E-state index in [0.29, 0.717) is 19.3 Å². The summed E-state index contributed by atoms with van der Waals surface area (Å²) in [6.45, 7) is -0.0835. The zero-order valence-corrected chi connectivity index (χ0v) is 13.9. The highest BCUT2D eigenvalue weighted by molar-refractivity contribution is 7.59. The lowest BCUT2D eigenvalue weighted by atomic mass is 10.1. The number of hydrogen-bond donors (Lipinski definition) is 3. The lowest BCUT2D eigenvalue weighted by Crippen LogP contribution is -2.39. The Hall–Kier alpha value is -1.98. The van der Waals surface area contributed by atoms with E-state index in [2.05, 4.69) is 5.32 Å². The monoisotopic (exact) mass is 333 g/mol. The maximum absolute atomic E-state index is 12.0. The number of aliphatic hydroxyl groups is 1. The highest BCUT2D eigenvalue weighted by Gasteiger charge is 2.12. The van der Waals surface area contributed by atoms with Gasteiger partial charge in [0, 0.05) is 6.42 Å². The number of carbonyl (C=O) groups is 1. The van der Waals surface area contributed by atoms with E-state index in [4.69, 9.17) is 0 Å². The van der Waals surface area contributed by atoms with Crippen molar-refractivity contribution < 1.29 is 15.0 Å². The first-order valence-corrected chi connectivity index (χ1v) is 7.39. The van der Waals surface area contributed by atoms with E-state index >= 15 is 0 Å². The molecule has 0 unspecified atom stereocenters. The smallest absolute Gasteiger partial charge is 0.220 e. The predicted molar refractivity (Wildman–Crippen MR) is 96.0 cm³/mol. The quantitative estimate of drug-likeness (QED) is 0.727. The van der Waals surface area contributed by atoms with Crippen LogP contribution in [0.3, 0.4) is 0 Å². The molecule has 2 rings (SSSR count). The van der Waals surface area contributed by atoms with Gasteiger partial charge in [-0.25, -0.2) is 0 Å². The maximum Gasteiger partial charge on any atom is 0.220 e. The summed E-state index contributed by atoms with van der Waals surface area (Å²) < 4.78 is 0. The fourth-order valence-corrected chi connectivity index (χ4v) is 2.28. The molecule has 0 aromatic heterocycles. The average Bonchev–Trinajstić information content (AvgIpc) is 2.54. The molecular formula is C18H23NO3S. The minimum absolute atomic E-state index is 0. The fraction of sp³-hybridized carbons (Fsp3) is 0.278. The Morgan fingerprint density at radius 1 is 1.00 bits per heavy atom. The van der Waals surface area contributed by atoms with E-state index < -0.39 is 0 Å². The van der Waals surface area contributed by atoms with Gasteiger partial charge in [0.05, 0.1) is 12.6 Å². The molecule has 5 heteroatoms. The normalized spacial score (nSPS) is 11.3. The SMILES string of the molecule is O=C(CCc1ccc(O)cc1)N[C@H](CO)Cc1ccccc1.S. The molecule has 124 valence electrons. The van der Waals surface area contributed by atoms with E-state index in [0.717, 1.165) is 11.1 Å². The molecule has 0 radical (unpaired) electrons. The molecular weight excluding hydrogens is 310 g/mol. The first-order valence-electron chi connectivity index (χ1n) is 7.39.